The van der Waals surface area contributed by atoms with Crippen molar-refractivity contribution >= 4 is 40.4 Å². The maximum absolute atomic E-state index is 13.6. The fourth-order valence-corrected chi connectivity index (χ4v) is 4.00. The van der Waals surface area contributed by atoms with Gasteiger partial charge in [0.05, 0.1) is 23.1 Å². The van der Waals surface area contributed by atoms with E-state index in [1.165, 1.54) is 48.5 Å². The third-order valence-corrected chi connectivity index (χ3v) is 6.00. The number of hydrogen-bond donors (Lipinski definition) is 0. The number of carbonyl (C=O) groups excluding carboxylic acids is 1. The van der Waals surface area contributed by atoms with Crippen LogP contribution >= 0.6 is 11.6 Å². The maximum atomic E-state index is 13.6. The van der Waals surface area contributed by atoms with Crippen LogP contribution in [0, 0.1) is 11.6 Å². The fraction of sp³-hybridized carbons (Fsp3) is 0.0667. The van der Waals surface area contributed by atoms with Crippen LogP contribution in [0.3, 0.4) is 0 Å². The van der Waals surface area contributed by atoms with Crippen LogP contribution < -0.4 is 4.74 Å². The molecule has 5 aromatic rings. The molecule has 5 rings (SSSR count). The summed E-state index contributed by atoms with van der Waals surface area (Å²) in [6, 6.07) is 25.3. The first-order valence-electron chi connectivity index (χ1n) is 11.8. The lowest BCUT2D eigenvalue weighted by Crippen LogP contribution is -2.10. The first-order valence-corrected chi connectivity index (χ1v) is 12.1. The average Bonchev–Trinajstić information content (AvgIpc) is 3.27. The molecule has 190 valence electrons. The SMILES string of the molecule is O=C(OC(=Cc1nc2ccccc2n1CCOc1ccc(Cl)cc1)c1ccc(F)cc1)c1ccc(F)cc1. The van der Waals surface area contributed by atoms with Gasteiger partial charge in [0.2, 0.25) is 0 Å². The number of hydrogen-bond acceptors (Lipinski definition) is 4. The number of aromatic nitrogens is 2. The molecular weight excluding hydrogens is 510 g/mol. The largest absolute Gasteiger partial charge is 0.492 e. The zero-order valence-corrected chi connectivity index (χ0v) is 20.7. The van der Waals surface area contributed by atoms with E-state index in [9.17, 15) is 13.6 Å². The number of benzene rings is 4. The van der Waals surface area contributed by atoms with Crippen LogP contribution in [-0.4, -0.2) is 22.1 Å². The summed E-state index contributed by atoms with van der Waals surface area (Å²) in [6.45, 7) is 0.779. The van der Waals surface area contributed by atoms with Crippen molar-refractivity contribution in [2.75, 3.05) is 6.61 Å². The van der Waals surface area contributed by atoms with Crippen LogP contribution in [0.4, 0.5) is 8.78 Å². The van der Waals surface area contributed by atoms with Crippen molar-refractivity contribution in [2.24, 2.45) is 0 Å². The van der Waals surface area contributed by atoms with Crippen molar-refractivity contribution in [3.8, 4) is 5.75 Å². The van der Waals surface area contributed by atoms with E-state index >= 15 is 0 Å². The molecular formula is C30H21ClF2N2O3. The van der Waals surface area contributed by atoms with Crippen molar-refractivity contribution in [3.63, 3.8) is 0 Å². The van der Waals surface area contributed by atoms with Gasteiger partial charge >= 0.3 is 5.97 Å². The number of esters is 1. The molecule has 1 heterocycles. The van der Waals surface area contributed by atoms with E-state index in [4.69, 9.17) is 26.1 Å². The molecule has 0 spiro atoms. The van der Waals surface area contributed by atoms with Gasteiger partial charge in [-0.1, -0.05) is 23.7 Å². The van der Waals surface area contributed by atoms with Crippen LogP contribution in [0.15, 0.2) is 97.1 Å². The minimum Gasteiger partial charge on any atom is -0.492 e. The van der Waals surface area contributed by atoms with Crippen molar-refractivity contribution in [1.82, 2.24) is 9.55 Å². The fourth-order valence-electron chi connectivity index (χ4n) is 3.87. The van der Waals surface area contributed by atoms with E-state index in [2.05, 4.69) is 0 Å². The summed E-state index contributed by atoms with van der Waals surface area (Å²) in [5, 5.41) is 0.619. The van der Waals surface area contributed by atoms with Gasteiger partial charge in [-0.15, -0.1) is 0 Å². The van der Waals surface area contributed by atoms with Gasteiger partial charge in [0.25, 0.3) is 0 Å². The third kappa shape index (κ3) is 5.90. The lowest BCUT2D eigenvalue weighted by Gasteiger charge is -2.12. The molecule has 0 amide bonds. The zero-order valence-electron chi connectivity index (χ0n) is 20.0. The van der Waals surface area contributed by atoms with Gasteiger partial charge < -0.3 is 14.0 Å². The van der Waals surface area contributed by atoms with Crippen LogP contribution in [0.25, 0.3) is 22.9 Å². The summed E-state index contributed by atoms with van der Waals surface area (Å²) < 4.78 is 40.6. The highest BCUT2D eigenvalue weighted by Crippen LogP contribution is 2.25. The molecule has 0 N–H and O–H groups in total. The molecule has 0 atom stereocenters. The smallest absolute Gasteiger partial charge is 0.343 e. The lowest BCUT2D eigenvalue weighted by molar-refractivity contribution is 0.0693. The van der Waals surface area contributed by atoms with Gasteiger partial charge in [0, 0.05) is 16.7 Å². The van der Waals surface area contributed by atoms with Gasteiger partial charge in [-0.2, -0.15) is 0 Å². The molecule has 0 saturated heterocycles. The highest BCUT2D eigenvalue weighted by Gasteiger charge is 2.16. The standard InChI is InChI=1S/C30H21ClF2N2O3/c31-22-9-15-25(16-10-22)37-18-17-35-27-4-2-1-3-26(27)34-29(35)19-28(20-5-11-23(32)12-6-20)38-30(36)21-7-13-24(33)14-8-21/h1-16,19H,17-18H2. The second-order valence-corrected chi connectivity index (χ2v) is 8.76. The minimum absolute atomic E-state index is 0.162. The van der Waals surface area contributed by atoms with Crippen LogP contribution in [0.2, 0.25) is 5.02 Å². The summed E-state index contributed by atoms with van der Waals surface area (Å²) in [5.41, 5.74) is 2.25. The predicted octanol–water partition coefficient (Wildman–Crippen LogP) is 7.40. The topological polar surface area (TPSA) is 53.3 Å². The van der Waals surface area contributed by atoms with Crippen molar-refractivity contribution in [2.45, 2.75) is 6.54 Å². The number of nitrogens with zero attached hydrogens (tertiary/aromatic N) is 2. The Labute approximate surface area is 222 Å². The van der Waals surface area contributed by atoms with E-state index in [0.29, 0.717) is 35.3 Å². The number of rotatable bonds is 8. The molecule has 4 aromatic carbocycles. The van der Waals surface area contributed by atoms with Crippen LogP contribution in [0.5, 0.6) is 5.75 Å². The molecule has 0 radical (unpaired) electrons. The predicted molar refractivity (Wildman–Crippen MR) is 143 cm³/mol. The second-order valence-electron chi connectivity index (χ2n) is 8.32. The normalized spacial score (nSPS) is 11.5. The molecule has 0 aliphatic heterocycles. The molecule has 8 heteroatoms. The third-order valence-electron chi connectivity index (χ3n) is 5.75. The van der Waals surface area contributed by atoms with Gasteiger partial charge in [0.15, 0.2) is 0 Å². The summed E-state index contributed by atoms with van der Waals surface area (Å²) in [4.78, 5) is 17.6. The van der Waals surface area contributed by atoms with Gasteiger partial charge in [-0.05, 0) is 84.9 Å². The van der Waals surface area contributed by atoms with Gasteiger partial charge in [-0.25, -0.2) is 18.6 Å². The number of carbonyl (C=O) groups is 1. The highest BCUT2D eigenvalue weighted by molar-refractivity contribution is 6.30. The Kier molecular flexibility index (Phi) is 7.47. The van der Waals surface area contributed by atoms with Crippen LogP contribution in [0.1, 0.15) is 21.7 Å². The molecule has 0 aliphatic carbocycles. The molecule has 0 unspecified atom stereocenters. The van der Waals surface area contributed by atoms with Crippen molar-refractivity contribution in [3.05, 3.63) is 131 Å². The summed E-state index contributed by atoms with van der Waals surface area (Å²) in [6.07, 6.45) is 1.62. The monoisotopic (exact) mass is 530 g/mol. The van der Waals surface area contributed by atoms with E-state index in [0.717, 1.165) is 11.0 Å². The molecule has 0 fully saturated rings. The van der Waals surface area contributed by atoms with Gasteiger partial charge in [-0.3, -0.25) is 0 Å². The molecule has 0 bridgehead atoms. The van der Waals surface area contributed by atoms with E-state index < -0.39 is 17.6 Å². The van der Waals surface area contributed by atoms with E-state index in [1.807, 2.05) is 28.8 Å². The van der Waals surface area contributed by atoms with Gasteiger partial charge in [0.1, 0.15) is 35.6 Å². The number of imidazole rings is 1. The van der Waals surface area contributed by atoms with E-state index in [1.54, 1.807) is 30.3 Å². The Hall–Kier alpha value is -4.49. The average molecular weight is 531 g/mol. The Balaban J connectivity index is 1.49. The first-order chi connectivity index (χ1) is 18.5. The summed E-state index contributed by atoms with van der Waals surface area (Å²) in [7, 11) is 0. The molecule has 1 aromatic heterocycles. The first kappa shape index (κ1) is 25.2. The Morgan fingerprint density at radius 1 is 0.842 bits per heavy atom. The lowest BCUT2D eigenvalue weighted by atomic mass is 10.1. The van der Waals surface area contributed by atoms with Crippen LogP contribution in [-0.2, 0) is 11.3 Å². The molecule has 38 heavy (non-hydrogen) atoms. The minimum atomic E-state index is -0.686. The van der Waals surface area contributed by atoms with Crippen molar-refractivity contribution in [1.29, 1.82) is 0 Å². The Morgan fingerprint density at radius 2 is 1.47 bits per heavy atom. The van der Waals surface area contributed by atoms with Crippen molar-refractivity contribution < 1.29 is 23.0 Å². The molecule has 0 aliphatic rings. The quantitative estimate of drug-likeness (QED) is 0.155. The summed E-state index contributed by atoms with van der Waals surface area (Å²) in [5.74, 6) is -0.230. The Bertz CT molecular complexity index is 1600. The number of halogens is 3. The highest BCUT2D eigenvalue weighted by atomic mass is 35.5. The summed E-state index contributed by atoms with van der Waals surface area (Å²) >= 11 is 5.95. The van der Waals surface area contributed by atoms with E-state index in [-0.39, 0.29) is 11.3 Å². The number of ether oxygens (including phenoxy) is 2. The molecule has 5 nitrogen and oxygen atoms in total. The maximum Gasteiger partial charge on any atom is 0.343 e. The Morgan fingerprint density at radius 3 is 2.16 bits per heavy atom. The second kappa shape index (κ2) is 11.3. The molecule has 0 saturated carbocycles. The number of para-hydroxylation sites is 2. The number of fused-ring (bicyclic) bond motifs is 1. The zero-order chi connectivity index (χ0) is 26.5.